The molecule has 0 amide bonds. The van der Waals surface area contributed by atoms with E-state index in [-0.39, 0.29) is 6.61 Å². The van der Waals surface area contributed by atoms with Gasteiger partial charge in [0.25, 0.3) is 0 Å². The van der Waals surface area contributed by atoms with Crippen LogP contribution in [0.4, 0.5) is 0 Å². The molecule has 0 bridgehead atoms. The zero-order valence-electron chi connectivity index (χ0n) is 22.3. The third-order valence-corrected chi connectivity index (χ3v) is 6.74. The third kappa shape index (κ3) is 6.08. The van der Waals surface area contributed by atoms with Crippen molar-refractivity contribution in [2.45, 2.75) is 12.5 Å². The Hall–Kier alpha value is -4.26. The number of rotatable bonds is 12. The SMILES string of the molecule is COc1ccc(CCNCC(O)COc2cccc3c2cc(-c2ccccc2)n3-c2ccccc2)cc1OC. The van der Waals surface area contributed by atoms with Gasteiger partial charge in [0, 0.05) is 17.6 Å². The number of benzene rings is 4. The van der Waals surface area contributed by atoms with E-state index in [9.17, 15) is 5.11 Å². The molecular weight excluding hydrogens is 488 g/mol. The molecule has 1 heterocycles. The Morgan fingerprint density at radius 1 is 0.769 bits per heavy atom. The van der Waals surface area contributed by atoms with E-state index in [0.29, 0.717) is 18.0 Å². The lowest BCUT2D eigenvalue weighted by Gasteiger charge is -2.15. The van der Waals surface area contributed by atoms with E-state index in [4.69, 9.17) is 14.2 Å². The number of nitrogens with zero attached hydrogens (tertiary/aromatic N) is 1. The van der Waals surface area contributed by atoms with Gasteiger partial charge in [-0.2, -0.15) is 0 Å². The number of fused-ring (bicyclic) bond motifs is 1. The van der Waals surface area contributed by atoms with Gasteiger partial charge in [-0.1, -0.05) is 60.7 Å². The largest absolute Gasteiger partial charge is 0.493 e. The van der Waals surface area contributed by atoms with Crippen LogP contribution in [0.3, 0.4) is 0 Å². The van der Waals surface area contributed by atoms with E-state index >= 15 is 0 Å². The molecule has 4 aromatic carbocycles. The minimum absolute atomic E-state index is 0.194. The Labute approximate surface area is 229 Å². The molecule has 200 valence electrons. The first-order valence-electron chi connectivity index (χ1n) is 13.2. The number of aliphatic hydroxyl groups is 1. The number of para-hydroxylation sites is 1. The van der Waals surface area contributed by atoms with Gasteiger partial charge in [-0.05, 0) is 66.6 Å². The number of hydrogen-bond acceptors (Lipinski definition) is 5. The molecule has 5 aromatic rings. The molecule has 6 nitrogen and oxygen atoms in total. The smallest absolute Gasteiger partial charge is 0.160 e. The van der Waals surface area contributed by atoms with Crippen molar-refractivity contribution in [3.05, 3.63) is 109 Å². The standard InChI is InChI=1S/C33H34N2O4/c1-37-32-17-16-24(20-33(32)38-2)18-19-34-22-27(36)23-39-31-15-9-14-29-28(31)21-30(25-10-5-3-6-11-25)35(29)26-12-7-4-8-13-26/h3-17,20-21,27,34,36H,18-19,22-23H2,1-2H3. The molecule has 6 heteroatoms. The highest BCUT2D eigenvalue weighted by Gasteiger charge is 2.16. The number of aliphatic hydroxyl groups excluding tert-OH is 1. The summed E-state index contributed by atoms with van der Waals surface area (Å²) in [6, 6.07) is 34.8. The second-order valence-electron chi connectivity index (χ2n) is 9.36. The zero-order chi connectivity index (χ0) is 27.0. The molecule has 0 aliphatic carbocycles. The zero-order valence-corrected chi connectivity index (χ0v) is 22.3. The van der Waals surface area contributed by atoms with E-state index in [0.717, 1.165) is 52.1 Å². The molecule has 1 unspecified atom stereocenters. The van der Waals surface area contributed by atoms with Gasteiger partial charge in [0.2, 0.25) is 0 Å². The van der Waals surface area contributed by atoms with E-state index in [1.165, 1.54) is 0 Å². The first-order chi connectivity index (χ1) is 19.2. The number of methoxy groups -OCH3 is 2. The Morgan fingerprint density at radius 3 is 2.26 bits per heavy atom. The lowest BCUT2D eigenvalue weighted by atomic mass is 10.1. The monoisotopic (exact) mass is 522 g/mol. The highest BCUT2D eigenvalue weighted by atomic mass is 16.5. The molecule has 0 radical (unpaired) electrons. The van der Waals surface area contributed by atoms with Crippen LogP contribution in [0.2, 0.25) is 0 Å². The summed E-state index contributed by atoms with van der Waals surface area (Å²) in [5, 5.41) is 14.9. The minimum atomic E-state index is -0.643. The van der Waals surface area contributed by atoms with Crippen molar-refractivity contribution in [2.24, 2.45) is 0 Å². The van der Waals surface area contributed by atoms with Crippen LogP contribution in [0.15, 0.2) is 103 Å². The number of nitrogens with one attached hydrogen (secondary N) is 1. The second-order valence-corrected chi connectivity index (χ2v) is 9.36. The van der Waals surface area contributed by atoms with E-state index in [1.807, 2.05) is 66.7 Å². The summed E-state index contributed by atoms with van der Waals surface area (Å²) in [7, 11) is 3.26. The van der Waals surface area contributed by atoms with Gasteiger partial charge in [-0.25, -0.2) is 0 Å². The van der Waals surface area contributed by atoms with Crippen molar-refractivity contribution >= 4 is 10.9 Å². The Bertz CT molecular complexity index is 1500. The Morgan fingerprint density at radius 2 is 1.51 bits per heavy atom. The molecule has 1 atom stereocenters. The lowest BCUT2D eigenvalue weighted by molar-refractivity contribution is 0.107. The minimum Gasteiger partial charge on any atom is -0.493 e. The van der Waals surface area contributed by atoms with Gasteiger partial charge in [0.05, 0.1) is 25.4 Å². The third-order valence-electron chi connectivity index (χ3n) is 6.74. The quantitative estimate of drug-likeness (QED) is 0.200. The molecule has 0 aliphatic heterocycles. The first kappa shape index (κ1) is 26.4. The van der Waals surface area contributed by atoms with E-state index < -0.39 is 6.10 Å². The maximum atomic E-state index is 10.6. The highest BCUT2D eigenvalue weighted by Crippen LogP contribution is 2.36. The molecule has 1 aromatic heterocycles. The Balaban J connectivity index is 1.25. The molecule has 0 saturated carbocycles. The van der Waals surface area contributed by atoms with Crippen LogP contribution in [0.1, 0.15) is 5.56 Å². The fourth-order valence-corrected chi connectivity index (χ4v) is 4.79. The maximum absolute atomic E-state index is 10.6. The van der Waals surface area contributed by atoms with E-state index in [2.05, 4.69) is 46.3 Å². The van der Waals surface area contributed by atoms with Crippen molar-refractivity contribution in [3.63, 3.8) is 0 Å². The molecule has 39 heavy (non-hydrogen) atoms. The van der Waals surface area contributed by atoms with Crippen LogP contribution < -0.4 is 19.5 Å². The van der Waals surface area contributed by atoms with Crippen LogP contribution in [-0.2, 0) is 6.42 Å². The van der Waals surface area contributed by atoms with Gasteiger partial charge in [0.1, 0.15) is 18.5 Å². The Kier molecular flexibility index (Phi) is 8.46. The molecule has 0 aliphatic rings. The van der Waals surface area contributed by atoms with Crippen LogP contribution in [0, 0.1) is 0 Å². The van der Waals surface area contributed by atoms with Crippen molar-refractivity contribution < 1.29 is 19.3 Å². The van der Waals surface area contributed by atoms with Gasteiger partial charge >= 0.3 is 0 Å². The molecule has 2 N–H and O–H groups in total. The maximum Gasteiger partial charge on any atom is 0.160 e. The summed E-state index contributed by atoms with van der Waals surface area (Å²) in [5.41, 5.74) is 5.49. The summed E-state index contributed by atoms with van der Waals surface area (Å²) < 4.78 is 19.1. The summed E-state index contributed by atoms with van der Waals surface area (Å²) in [6.07, 6.45) is 0.165. The lowest BCUT2D eigenvalue weighted by Crippen LogP contribution is -2.32. The fourth-order valence-electron chi connectivity index (χ4n) is 4.79. The average molecular weight is 523 g/mol. The molecular formula is C33H34N2O4. The normalized spacial score (nSPS) is 11.9. The summed E-state index contributed by atoms with van der Waals surface area (Å²) >= 11 is 0. The topological polar surface area (TPSA) is 64.9 Å². The van der Waals surface area contributed by atoms with Crippen LogP contribution in [0.25, 0.3) is 27.8 Å². The predicted molar refractivity (Wildman–Crippen MR) is 156 cm³/mol. The first-order valence-corrected chi connectivity index (χ1v) is 13.2. The molecule has 0 fully saturated rings. The van der Waals surface area contributed by atoms with Gasteiger partial charge in [0.15, 0.2) is 11.5 Å². The van der Waals surface area contributed by atoms with E-state index in [1.54, 1.807) is 14.2 Å². The molecule has 0 spiro atoms. The summed E-state index contributed by atoms with van der Waals surface area (Å²) in [5.74, 6) is 2.18. The van der Waals surface area contributed by atoms with Crippen molar-refractivity contribution in [1.82, 2.24) is 9.88 Å². The summed E-state index contributed by atoms with van der Waals surface area (Å²) in [6.45, 7) is 1.35. The van der Waals surface area contributed by atoms with Crippen molar-refractivity contribution in [3.8, 4) is 34.2 Å². The van der Waals surface area contributed by atoms with Gasteiger partial charge in [-0.15, -0.1) is 0 Å². The van der Waals surface area contributed by atoms with Gasteiger partial charge in [-0.3, -0.25) is 0 Å². The van der Waals surface area contributed by atoms with Gasteiger partial charge < -0.3 is 29.2 Å². The van der Waals surface area contributed by atoms with Crippen LogP contribution >= 0.6 is 0 Å². The average Bonchev–Trinajstić information content (AvgIpc) is 3.39. The molecule has 0 saturated heterocycles. The predicted octanol–water partition coefficient (Wildman–Crippen LogP) is 5.89. The fraction of sp³-hybridized carbons (Fsp3) is 0.212. The number of ether oxygens (including phenoxy) is 3. The number of hydrogen-bond donors (Lipinski definition) is 2. The van der Waals surface area contributed by atoms with Crippen molar-refractivity contribution in [1.29, 1.82) is 0 Å². The number of aromatic nitrogens is 1. The summed E-state index contributed by atoms with van der Waals surface area (Å²) in [4.78, 5) is 0. The second kappa shape index (κ2) is 12.5. The highest BCUT2D eigenvalue weighted by molar-refractivity contribution is 5.93. The van der Waals surface area contributed by atoms with Crippen LogP contribution in [0.5, 0.6) is 17.2 Å². The molecule has 5 rings (SSSR count). The van der Waals surface area contributed by atoms with Crippen molar-refractivity contribution in [2.75, 3.05) is 33.9 Å². The van der Waals surface area contributed by atoms with Crippen LogP contribution in [-0.4, -0.2) is 49.7 Å².